The summed E-state index contributed by atoms with van der Waals surface area (Å²) in [5, 5.41) is 12.1. The number of carbonyl (C=O) groups is 2. The van der Waals surface area contributed by atoms with Crippen LogP contribution < -0.4 is 14.8 Å². The molecule has 0 bridgehead atoms. The Bertz CT molecular complexity index is 826. The van der Waals surface area contributed by atoms with Crippen LogP contribution in [0.3, 0.4) is 0 Å². The first-order chi connectivity index (χ1) is 13.3. The van der Waals surface area contributed by atoms with E-state index in [1.54, 1.807) is 43.3 Å². The normalized spacial score (nSPS) is 12.7. The van der Waals surface area contributed by atoms with Crippen molar-refractivity contribution < 1.29 is 28.6 Å². The molecule has 0 aromatic heterocycles. The molecule has 6 nitrogen and oxygen atoms in total. The average molecular weight is 389 g/mol. The molecule has 0 spiro atoms. The number of rotatable bonds is 10. The number of hydrogen-bond acceptors (Lipinski definition) is 4. The lowest BCUT2D eigenvalue weighted by Crippen LogP contribution is -2.45. The van der Waals surface area contributed by atoms with E-state index in [4.69, 9.17) is 9.47 Å². The summed E-state index contributed by atoms with van der Waals surface area (Å²) in [5.74, 6) is -0.744. The molecule has 0 saturated carbocycles. The van der Waals surface area contributed by atoms with Gasteiger partial charge in [-0.1, -0.05) is 18.2 Å². The van der Waals surface area contributed by atoms with E-state index in [0.29, 0.717) is 23.5 Å². The predicted octanol–water partition coefficient (Wildman–Crippen LogP) is 3.50. The van der Waals surface area contributed by atoms with Gasteiger partial charge in [0.1, 0.15) is 17.3 Å². The molecule has 0 radical (unpaired) electrons. The highest BCUT2D eigenvalue weighted by atomic mass is 19.1. The number of carboxylic acid groups (broad SMARTS) is 1. The van der Waals surface area contributed by atoms with Crippen molar-refractivity contribution >= 4 is 11.9 Å². The Morgan fingerprint density at radius 2 is 1.86 bits per heavy atom. The largest absolute Gasteiger partial charge is 0.497 e. The number of carboxylic acids is 1. The summed E-state index contributed by atoms with van der Waals surface area (Å²) in [5.41, 5.74) is -0.445. The molecule has 2 aromatic carbocycles. The molecule has 2 N–H and O–H groups in total. The molecule has 28 heavy (non-hydrogen) atoms. The molecule has 7 heteroatoms. The maximum absolute atomic E-state index is 13.1. The molecular weight excluding hydrogens is 365 g/mol. The quantitative estimate of drug-likeness (QED) is 0.608. The summed E-state index contributed by atoms with van der Waals surface area (Å²) in [7, 11) is 1.52. The third-order valence-corrected chi connectivity index (χ3v) is 4.24. The number of aliphatic carboxylic acids is 1. The molecule has 0 fully saturated rings. The smallest absolute Gasteiger partial charge is 0.306 e. The van der Waals surface area contributed by atoms with Crippen molar-refractivity contribution in [2.24, 2.45) is 0 Å². The van der Waals surface area contributed by atoms with Gasteiger partial charge in [-0.25, -0.2) is 4.39 Å². The third-order valence-electron chi connectivity index (χ3n) is 4.24. The number of nitrogens with one attached hydrogen (secondary N) is 1. The molecule has 0 aliphatic rings. The minimum absolute atomic E-state index is 0.147. The fourth-order valence-electron chi connectivity index (χ4n) is 2.84. The van der Waals surface area contributed by atoms with Crippen LogP contribution in [0.4, 0.5) is 4.39 Å². The molecule has 1 unspecified atom stereocenters. The zero-order valence-electron chi connectivity index (χ0n) is 15.9. The summed E-state index contributed by atoms with van der Waals surface area (Å²) >= 11 is 0. The van der Waals surface area contributed by atoms with E-state index in [9.17, 15) is 19.1 Å². The van der Waals surface area contributed by atoms with Gasteiger partial charge < -0.3 is 19.9 Å². The summed E-state index contributed by atoms with van der Waals surface area (Å²) in [6.45, 7) is 1.91. The van der Waals surface area contributed by atoms with Crippen LogP contribution in [0.25, 0.3) is 0 Å². The minimum atomic E-state index is -1.08. The Morgan fingerprint density at radius 3 is 2.54 bits per heavy atom. The second-order valence-corrected chi connectivity index (χ2v) is 6.59. The van der Waals surface area contributed by atoms with Crippen LogP contribution in [-0.2, 0) is 15.1 Å². The molecule has 2 aromatic rings. The first kappa shape index (κ1) is 21.2. The van der Waals surface area contributed by atoms with E-state index in [-0.39, 0.29) is 25.4 Å². The molecule has 150 valence electrons. The molecule has 0 aliphatic heterocycles. The van der Waals surface area contributed by atoms with Gasteiger partial charge in [0.2, 0.25) is 5.91 Å². The van der Waals surface area contributed by atoms with Crippen molar-refractivity contribution in [3.05, 3.63) is 59.9 Å². The zero-order chi connectivity index (χ0) is 20.6. The lowest BCUT2D eigenvalue weighted by molar-refractivity contribution is -0.139. The highest BCUT2D eigenvalue weighted by molar-refractivity contribution is 5.78. The number of amides is 1. The van der Waals surface area contributed by atoms with Gasteiger partial charge in [0, 0.05) is 12.5 Å². The molecule has 0 saturated heterocycles. The number of hydrogen-bond donors (Lipinski definition) is 2. The van der Waals surface area contributed by atoms with Crippen molar-refractivity contribution in [2.45, 2.75) is 31.7 Å². The van der Waals surface area contributed by atoms with Crippen LogP contribution in [-0.4, -0.2) is 30.7 Å². The van der Waals surface area contributed by atoms with E-state index in [1.807, 2.05) is 0 Å². The second kappa shape index (κ2) is 9.73. The molecule has 1 atom stereocenters. The number of halogens is 1. The highest BCUT2D eigenvalue weighted by Gasteiger charge is 2.31. The van der Waals surface area contributed by atoms with Gasteiger partial charge in [-0.3, -0.25) is 9.59 Å². The summed E-state index contributed by atoms with van der Waals surface area (Å²) in [6.07, 6.45) is 0.282. The van der Waals surface area contributed by atoms with E-state index in [0.717, 1.165) is 0 Å². The van der Waals surface area contributed by atoms with Crippen molar-refractivity contribution in [3.8, 4) is 11.5 Å². The van der Waals surface area contributed by atoms with Crippen LogP contribution in [0, 0.1) is 5.82 Å². The first-order valence-electron chi connectivity index (χ1n) is 8.88. The summed E-state index contributed by atoms with van der Waals surface area (Å²) in [4.78, 5) is 23.7. The fraction of sp³-hybridized carbons (Fsp3) is 0.333. The summed E-state index contributed by atoms with van der Waals surface area (Å²) < 4.78 is 23.7. The topological polar surface area (TPSA) is 84.9 Å². The predicted molar refractivity (Wildman–Crippen MR) is 102 cm³/mol. The van der Waals surface area contributed by atoms with E-state index < -0.39 is 17.3 Å². The van der Waals surface area contributed by atoms with Crippen LogP contribution in [0.5, 0.6) is 11.5 Å². The van der Waals surface area contributed by atoms with Crippen molar-refractivity contribution in [3.63, 3.8) is 0 Å². The highest BCUT2D eigenvalue weighted by Crippen LogP contribution is 2.28. The lowest BCUT2D eigenvalue weighted by Gasteiger charge is -2.30. The Hall–Kier alpha value is -3.09. The van der Waals surface area contributed by atoms with Gasteiger partial charge in [0.25, 0.3) is 0 Å². The number of benzene rings is 2. The van der Waals surface area contributed by atoms with Gasteiger partial charge in [-0.2, -0.15) is 0 Å². The number of ether oxygens (including phenoxy) is 2. The molecule has 0 heterocycles. The fourth-order valence-corrected chi connectivity index (χ4v) is 2.84. The second-order valence-electron chi connectivity index (χ2n) is 6.59. The third kappa shape index (κ3) is 6.26. The Morgan fingerprint density at radius 1 is 1.14 bits per heavy atom. The lowest BCUT2D eigenvalue weighted by atomic mass is 9.88. The van der Waals surface area contributed by atoms with Crippen LogP contribution in [0.2, 0.25) is 0 Å². The van der Waals surface area contributed by atoms with Crippen LogP contribution in [0.15, 0.2) is 48.5 Å². The van der Waals surface area contributed by atoms with Crippen molar-refractivity contribution in [1.29, 1.82) is 0 Å². The van der Waals surface area contributed by atoms with E-state index in [1.165, 1.54) is 19.2 Å². The average Bonchev–Trinajstić information content (AvgIpc) is 2.64. The maximum atomic E-state index is 13.1. The van der Waals surface area contributed by atoms with Gasteiger partial charge in [0.05, 0.1) is 25.7 Å². The monoisotopic (exact) mass is 389 g/mol. The molecule has 1 amide bonds. The van der Waals surface area contributed by atoms with Gasteiger partial charge in [0.15, 0.2) is 0 Å². The van der Waals surface area contributed by atoms with Gasteiger partial charge in [-0.15, -0.1) is 0 Å². The summed E-state index contributed by atoms with van der Waals surface area (Å²) in [6, 6.07) is 12.7. The molecule has 2 rings (SSSR count). The van der Waals surface area contributed by atoms with Crippen LogP contribution >= 0.6 is 0 Å². The maximum Gasteiger partial charge on any atom is 0.306 e. The van der Waals surface area contributed by atoms with Crippen LogP contribution in [0.1, 0.15) is 31.7 Å². The first-order valence-corrected chi connectivity index (χ1v) is 8.88. The molecular formula is C21H24FNO5. The van der Waals surface area contributed by atoms with E-state index in [2.05, 4.69) is 5.32 Å². The minimum Gasteiger partial charge on any atom is -0.497 e. The van der Waals surface area contributed by atoms with Crippen molar-refractivity contribution in [1.82, 2.24) is 5.32 Å². The Kier molecular flexibility index (Phi) is 7.37. The standard InChI is InChI=1S/C21H24FNO5/c1-21(14-20(25)26,15-6-3-8-17(12-15)27-2)23-19(24)10-5-11-28-18-9-4-7-16(22)13-18/h3-4,6-9,12-13H,5,10-11,14H2,1-2H3,(H,23,24)(H,25,26). The van der Waals surface area contributed by atoms with Crippen molar-refractivity contribution in [2.75, 3.05) is 13.7 Å². The Labute approximate surface area is 163 Å². The Balaban J connectivity index is 1.95. The molecule has 0 aliphatic carbocycles. The van der Waals surface area contributed by atoms with Gasteiger partial charge in [-0.05, 0) is 43.2 Å². The zero-order valence-corrected chi connectivity index (χ0v) is 15.9. The number of carbonyl (C=O) groups excluding carboxylic acids is 1. The van der Waals surface area contributed by atoms with E-state index >= 15 is 0 Å². The SMILES string of the molecule is COc1cccc(C(C)(CC(=O)O)NC(=O)CCCOc2cccc(F)c2)c1. The van der Waals surface area contributed by atoms with Gasteiger partial charge >= 0.3 is 5.97 Å². The number of methoxy groups -OCH3 is 1.